The van der Waals surface area contributed by atoms with E-state index in [2.05, 4.69) is 10.1 Å². The Labute approximate surface area is 150 Å². The third-order valence-electron chi connectivity index (χ3n) is 4.79. The molecular weight excluding hydrogens is 335 g/mol. The molecule has 6 heteroatoms. The molecule has 0 fully saturated rings. The van der Waals surface area contributed by atoms with Crippen LogP contribution in [-0.4, -0.2) is 21.2 Å². The lowest BCUT2D eigenvalue weighted by atomic mass is 9.98. The van der Waals surface area contributed by atoms with Crippen molar-refractivity contribution in [2.24, 2.45) is 0 Å². The maximum absolute atomic E-state index is 14.5. The van der Waals surface area contributed by atoms with Crippen LogP contribution in [0.3, 0.4) is 0 Å². The number of carboxylic acid groups (broad SMARTS) is 1. The summed E-state index contributed by atoms with van der Waals surface area (Å²) in [5, 5.41) is 13.3. The number of rotatable bonds is 3. The molecule has 0 spiro atoms. The van der Waals surface area contributed by atoms with Crippen molar-refractivity contribution in [3.05, 3.63) is 57.4 Å². The Morgan fingerprint density at radius 3 is 2.35 bits per heavy atom. The second-order valence-corrected chi connectivity index (χ2v) is 6.51. The molecule has 0 saturated carbocycles. The van der Waals surface area contributed by atoms with Gasteiger partial charge in [-0.1, -0.05) is 11.2 Å². The van der Waals surface area contributed by atoms with E-state index in [4.69, 9.17) is 4.52 Å². The van der Waals surface area contributed by atoms with Crippen molar-refractivity contribution in [2.45, 2.75) is 34.6 Å². The molecule has 0 aliphatic carbocycles. The van der Waals surface area contributed by atoms with Crippen molar-refractivity contribution in [1.29, 1.82) is 0 Å². The topological polar surface area (TPSA) is 76.2 Å². The Balaban J connectivity index is 2.15. The van der Waals surface area contributed by atoms with Gasteiger partial charge in [0.25, 0.3) is 5.89 Å². The summed E-state index contributed by atoms with van der Waals surface area (Å²) in [6.07, 6.45) is 0. The van der Waals surface area contributed by atoms with Crippen molar-refractivity contribution in [2.75, 3.05) is 0 Å². The van der Waals surface area contributed by atoms with Crippen molar-refractivity contribution in [3.8, 4) is 22.8 Å². The van der Waals surface area contributed by atoms with Gasteiger partial charge in [0.05, 0.1) is 11.1 Å². The highest BCUT2D eigenvalue weighted by molar-refractivity contribution is 5.91. The monoisotopic (exact) mass is 354 g/mol. The van der Waals surface area contributed by atoms with E-state index in [1.165, 1.54) is 12.1 Å². The number of aromatic nitrogens is 2. The fourth-order valence-corrected chi connectivity index (χ4v) is 3.05. The molecule has 0 aliphatic heterocycles. The maximum Gasteiger partial charge on any atom is 0.335 e. The highest BCUT2D eigenvalue weighted by atomic mass is 19.1. The molecule has 0 bridgehead atoms. The molecule has 0 aliphatic rings. The van der Waals surface area contributed by atoms with Crippen LogP contribution in [0.1, 0.15) is 38.2 Å². The minimum Gasteiger partial charge on any atom is -0.478 e. The van der Waals surface area contributed by atoms with Gasteiger partial charge in [-0.05, 0) is 74.6 Å². The number of hydrogen-bond acceptors (Lipinski definition) is 4. The minimum atomic E-state index is -1.02. The molecule has 3 rings (SSSR count). The normalized spacial score (nSPS) is 11.0. The van der Waals surface area contributed by atoms with Crippen LogP contribution in [0.15, 0.2) is 22.7 Å². The Morgan fingerprint density at radius 1 is 1.00 bits per heavy atom. The molecule has 3 aromatic rings. The van der Waals surface area contributed by atoms with Crippen molar-refractivity contribution in [1.82, 2.24) is 10.1 Å². The second-order valence-electron chi connectivity index (χ2n) is 6.51. The molecule has 1 N–H and O–H groups in total. The van der Waals surface area contributed by atoms with Gasteiger partial charge in [0.1, 0.15) is 5.82 Å². The third-order valence-corrected chi connectivity index (χ3v) is 4.79. The van der Waals surface area contributed by atoms with Crippen molar-refractivity contribution >= 4 is 5.97 Å². The molecule has 2 aromatic carbocycles. The Kier molecular flexibility index (Phi) is 4.36. The molecular formula is C20H19FN2O3. The molecule has 0 saturated heterocycles. The maximum atomic E-state index is 14.5. The number of aromatic carboxylic acids is 1. The van der Waals surface area contributed by atoms with Gasteiger partial charge in [0.15, 0.2) is 0 Å². The zero-order valence-corrected chi connectivity index (χ0v) is 15.3. The molecule has 0 atom stereocenters. The van der Waals surface area contributed by atoms with Gasteiger partial charge in [0.2, 0.25) is 5.82 Å². The summed E-state index contributed by atoms with van der Waals surface area (Å²) in [4.78, 5) is 15.7. The van der Waals surface area contributed by atoms with Crippen LogP contribution in [0.4, 0.5) is 4.39 Å². The lowest BCUT2D eigenvalue weighted by Crippen LogP contribution is -2.01. The minimum absolute atomic E-state index is 0.0787. The van der Waals surface area contributed by atoms with Crippen LogP contribution in [-0.2, 0) is 0 Å². The molecule has 26 heavy (non-hydrogen) atoms. The largest absolute Gasteiger partial charge is 0.478 e. The SMILES string of the molecule is Cc1cc(C)c(-c2noc(-c3c(F)cc(C)c(C)c3C)n2)cc1C(=O)O. The molecule has 134 valence electrons. The summed E-state index contributed by atoms with van der Waals surface area (Å²) in [6, 6.07) is 4.73. The highest BCUT2D eigenvalue weighted by Crippen LogP contribution is 2.32. The second kappa shape index (κ2) is 6.37. The zero-order chi connectivity index (χ0) is 19.2. The Bertz CT molecular complexity index is 1040. The lowest BCUT2D eigenvalue weighted by Gasteiger charge is -2.09. The van der Waals surface area contributed by atoms with Crippen LogP contribution < -0.4 is 0 Å². The predicted octanol–water partition coefficient (Wildman–Crippen LogP) is 4.78. The fourth-order valence-electron chi connectivity index (χ4n) is 3.05. The van der Waals surface area contributed by atoms with Crippen LogP contribution in [0.25, 0.3) is 22.8 Å². The van der Waals surface area contributed by atoms with E-state index < -0.39 is 11.8 Å². The molecule has 0 radical (unpaired) electrons. The van der Waals surface area contributed by atoms with Gasteiger partial charge < -0.3 is 9.63 Å². The van der Waals surface area contributed by atoms with E-state index in [-0.39, 0.29) is 22.8 Å². The summed E-state index contributed by atoms with van der Waals surface area (Å²) in [5.74, 6) is -1.14. The number of halogens is 1. The van der Waals surface area contributed by atoms with Crippen LogP contribution in [0, 0.1) is 40.4 Å². The number of hydrogen-bond donors (Lipinski definition) is 1. The number of aryl methyl sites for hydroxylation is 3. The Morgan fingerprint density at radius 2 is 1.69 bits per heavy atom. The van der Waals surface area contributed by atoms with E-state index in [0.29, 0.717) is 11.1 Å². The average molecular weight is 354 g/mol. The number of benzene rings is 2. The molecule has 1 aromatic heterocycles. The average Bonchev–Trinajstić information content (AvgIpc) is 3.01. The number of nitrogens with zero attached hydrogens (tertiary/aromatic N) is 2. The first-order valence-corrected chi connectivity index (χ1v) is 8.16. The quantitative estimate of drug-likeness (QED) is 0.732. The summed E-state index contributed by atoms with van der Waals surface area (Å²) in [7, 11) is 0. The van der Waals surface area contributed by atoms with Crippen molar-refractivity contribution < 1.29 is 18.8 Å². The van der Waals surface area contributed by atoms with Gasteiger partial charge in [-0.25, -0.2) is 9.18 Å². The first-order chi connectivity index (χ1) is 12.2. The van der Waals surface area contributed by atoms with Gasteiger partial charge in [0, 0.05) is 5.56 Å². The highest BCUT2D eigenvalue weighted by Gasteiger charge is 2.21. The van der Waals surface area contributed by atoms with E-state index in [1.807, 2.05) is 27.7 Å². The zero-order valence-electron chi connectivity index (χ0n) is 15.3. The molecule has 0 amide bonds. The van der Waals surface area contributed by atoms with E-state index in [1.54, 1.807) is 13.0 Å². The molecule has 5 nitrogen and oxygen atoms in total. The van der Waals surface area contributed by atoms with Crippen molar-refractivity contribution in [3.63, 3.8) is 0 Å². The first kappa shape index (κ1) is 17.8. The van der Waals surface area contributed by atoms with Crippen LogP contribution in [0.5, 0.6) is 0 Å². The van der Waals surface area contributed by atoms with Gasteiger partial charge in [-0.3, -0.25) is 0 Å². The predicted molar refractivity (Wildman–Crippen MR) is 95.8 cm³/mol. The molecule has 1 heterocycles. The summed E-state index contributed by atoms with van der Waals surface area (Å²) < 4.78 is 19.8. The third kappa shape index (κ3) is 2.87. The van der Waals surface area contributed by atoms with E-state index >= 15 is 0 Å². The van der Waals surface area contributed by atoms with Gasteiger partial charge in [-0.15, -0.1) is 0 Å². The van der Waals surface area contributed by atoms with Crippen LogP contribution in [0.2, 0.25) is 0 Å². The first-order valence-electron chi connectivity index (χ1n) is 8.16. The standard InChI is InChI=1S/C20H19FN2O3/c1-9-7-16(21)17(13(5)12(9)4)19-22-18(23-26-19)14-8-15(20(24)25)11(3)6-10(14)2/h6-8H,1-5H3,(H,24,25). The smallest absolute Gasteiger partial charge is 0.335 e. The molecule has 0 unspecified atom stereocenters. The van der Waals surface area contributed by atoms with Gasteiger partial charge >= 0.3 is 5.97 Å². The van der Waals surface area contributed by atoms with Gasteiger partial charge in [-0.2, -0.15) is 4.98 Å². The lowest BCUT2D eigenvalue weighted by molar-refractivity contribution is 0.0696. The van der Waals surface area contributed by atoms with E-state index in [9.17, 15) is 14.3 Å². The summed E-state index contributed by atoms with van der Waals surface area (Å²) in [6.45, 7) is 9.14. The number of carbonyl (C=O) groups is 1. The summed E-state index contributed by atoms with van der Waals surface area (Å²) in [5.41, 5.74) is 5.01. The Hall–Kier alpha value is -3.02. The fraction of sp³-hybridized carbons (Fsp3) is 0.250. The summed E-state index contributed by atoms with van der Waals surface area (Å²) >= 11 is 0. The van der Waals surface area contributed by atoms with Crippen LogP contribution >= 0.6 is 0 Å². The van der Waals surface area contributed by atoms with E-state index in [0.717, 1.165) is 22.3 Å². The number of carboxylic acids is 1.